The Kier molecular flexibility index (Phi) is 4.96. The molecule has 3 rings (SSSR count). The Labute approximate surface area is 146 Å². The van der Waals surface area contributed by atoms with Crippen molar-refractivity contribution < 1.29 is 14.3 Å². The second-order valence-corrected chi connectivity index (χ2v) is 6.53. The number of nitrogens with zero attached hydrogens (tertiary/aromatic N) is 4. The summed E-state index contributed by atoms with van der Waals surface area (Å²) in [6, 6.07) is 0.206. The quantitative estimate of drug-likeness (QED) is 0.820. The minimum atomic E-state index is -0.809. The Hall–Kier alpha value is -2.51. The molecule has 8 heteroatoms. The fourth-order valence-electron chi connectivity index (χ4n) is 3.24. The first-order chi connectivity index (χ1) is 12.0. The summed E-state index contributed by atoms with van der Waals surface area (Å²) >= 11 is 0. The molecule has 0 unspecified atom stereocenters. The Morgan fingerprint density at radius 1 is 1.36 bits per heavy atom. The maximum atomic E-state index is 12.3. The van der Waals surface area contributed by atoms with E-state index in [1.165, 1.54) is 6.33 Å². The third-order valence-corrected chi connectivity index (χ3v) is 4.69. The molecule has 0 aliphatic heterocycles. The highest BCUT2D eigenvalue weighted by molar-refractivity contribution is 5.84. The number of ether oxygens (including phenoxy) is 1. The van der Waals surface area contributed by atoms with Crippen LogP contribution in [0.2, 0.25) is 0 Å². The molecule has 134 valence electrons. The molecule has 1 aliphatic rings. The van der Waals surface area contributed by atoms with Crippen LogP contribution < -0.4 is 5.32 Å². The van der Waals surface area contributed by atoms with Crippen LogP contribution in [0.3, 0.4) is 0 Å². The highest BCUT2D eigenvalue weighted by atomic mass is 16.5. The predicted octanol–water partition coefficient (Wildman–Crippen LogP) is 1.27. The van der Waals surface area contributed by atoms with E-state index in [-0.39, 0.29) is 18.4 Å². The molecule has 1 atom stereocenters. The topological polar surface area (TPSA) is 98.5 Å². The standard InChI is InChI=1S/C17H23N5O3/c1-10-14(11(2)22-17(20-10)18-9-19-22)8-15(23)25-12(3)16(24)21-13-6-4-5-7-13/h9,12-13H,4-8H2,1-3H3,(H,21,24)/t12-/m1/s1. The fraction of sp³-hybridized carbons (Fsp3) is 0.588. The van der Waals surface area contributed by atoms with E-state index >= 15 is 0 Å². The molecule has 1 N–H and O–H groups in total. The van der Waals surface area contributed by atoms with Crippen LogP contribution in [0.25, 0.3) is 5.78 Å². The van der Waals surface area contributed by atoms with Crippen molar-refractivity contribution in [3.8, 4) is 0 Å². The summed E-state index contributed by atoms with van der Waals surface area (Å²) in [5.41, 5.74) is 2.24. The number of fused-ring (bicyclic) bond motifs is 1. The number of aromatic nitrogens is 4. The summed E-state index contributed by atoms with van der Waals surface area (Å²) in [6.45, 7) is 5.27. The molecular formula is C17H23N5O3. The number of carbonyl (C=O) groups excluding carboxylic acids is 2. The molecule has 0 spiro atoms. The fourth-order valence-corrected chi connectivity index (χ4v) is 3.24. The van der Waals surface area contributed by atoms with Gasteiger partial charge in [0.15, 0.2) is 6.10 Å². The van der Waals surface area contributed by atoms with E-state index in [1.54, 1.807) is 11.4 Å². The molecule has 2 aromatic heterocycles. The van der Waals surface area contributed by atoms with E-state index in [0.29, 0.717) is 11.5 Å². The van der Waals surface area contributed by atoms with Gasteiger partial charge < -0.3 is 10.1 Å². The van der Waals surface area contributed by atoms with E-state index in [2.05, 4.69) is 20.4 Å². The molecule has 0 bridgehead atoms. The molecule has 8 nitrogen and oxygen atoms in total. The molecule has 1 fully saturated rings. The number of aryl methyl sites for hydroxylation is 2. The molecule has 1 aliphatic carbocycles. The van der Waals surface area contributed by atoms with Crippen LogP contribution in [0, 0.1) is 13.8 Å². The lowest BCUT2D eigenvalue weighted by atomic mass is 10.1. The smallest absolute Gasteiger partial charge is 0.311 e. The van der Waals surface area contributed by atoms with E-state index in [9.17, 15) is 9.59 Å². The average molecular weight is 345 g/mol. The van der Waals surface area contributed by atoms with Crippen LogP contribution >= 0.6 is 0 Å². The summed E-state index contributed by atoms with van der Waals surface area (Å²) in [5, 5.41) is 7.04. The molecule has 1 saturated carbocycles. The summed E-state index contributed by atoms with van der Waals surface area (Å²) in [7, 11) is 0. The Bertz CT molecular complexity index is 795. The highest BCUT2D eigenvalue weighted by Crippen LogP contribution is 2.18. The zero-order chi connectivity index (χ0) is 18.0. The molecule has 2 heterocycles. The first kappa shape index (κ1) is 17.3. The summed E-state index contributed by atoms with van der Waals surface area (Å²) in [4.78, 5) is 32.8. The van der Waals surface area contributed by atoms with Gasteiger partial charge in [-0.25, -0.2) is 9.50 Å². The number of carbonyl (C=O) groups is 2. The highest BCUT2D eigenvalue weighted by Gasteiger charge is 2.24. The van der Waals surface area contributed by atoms with Crippen molar-refractivity contribution in [2.24, 2.45) is 0 Å². The van der Waals surface area contributed by atoms with Gasteiger partial charge in [0.2, 0.25) is 0 Å². The number of amides is 1. The zero-order valence-corrected chi connectivity index (χ0v) is 14.8. The van der Waals surface area contributed by atoms with Gasteiger partial charge in [-0.15, -0.1) is 0 Å². The third kappa shape index (κ3) is 3.78. The van der Waals surface area contributed by atoms with Crippen LogP contribution in [0.15, 0.2) is 6.33 Å². The summed E-state index contributed by atoms with van der Waals surface area (Å²) in [5.74, 6) is -0.198. The van der Waals surface area contributed by atoms with Crippen molar-refractivity contribution >= 4 is 17.7 Å². The normalized spacial score (nSPS) is 16.1. The molecule has 0 saturated heterocycles. The van der Waals surface area contributed by atoms with Crippen molar-refractivity contribution in [1.82, 2.24) is 24.9 Å². The second-order valence-electron chi connectivity index (χ2n) is 6.53. The van der Waals surface area contributed by atoms with Gasteiger partial charge in [0, 0.05) is 23.0 Å². The van der Waals surface area contributed by atoms with Gasteiger partial charge in [0.1, 0.15) is 6.33 Å². The van der Waals surface area contributed by atoms with E-state index in [1.807, 2.05) is 13.8 Å². The number of hydrogen-bond donors (Lipinski definition) is 1. The van der Waals surface area contributed by atoms with Gasteiger partial charge in [-0.2, -0.15) is 10.1 Å². The van der Waals surface area contributed by atoms with Crippen molar-refractivity contribution in [3.05, 3.63) is 23.3 Å². The summed E-state index contributed by atoms with van der Waals surface area (Å²) < 4.78 is 6.90. The molecule has 0 radical (unpaired) electrons. The average Bonchev–Trinajstić information content (AvgIpc) is 3.22. The molecule has 1 amide bonds. The van der Waals surface area contributed by atoms with Gasteiger partial charge in [0.25, 0.3) is 11.7 Å². The maximum absolute atomic E-state index is 12.3. The van der Waals surface area contributed by atoms with E-state index in [4.69, 9.17) is 4.74 Å². The number of hydrogen-bond acceptors (Lipinski definition) is 6. The van der Waals surface area contributed by atoms with Crippen LogP contribution in [0.1, 0.15) is 49.6 Å². The van der Waals surface area contributed by atoms with Crippen molar-refractivity contribution in [2.45, 2.75) is 65.0 Å². The molecule has 2 aromatic rings. The second kappa shape index (κ2) is 7.16. The predicted molar refractivity (Wildman–Crippen MR) is 89.9 cm³/mol. The number of nitrogens with one attached hydrogen (secondary N) is 1. The minimum absolute atomic E-state index is 0.0432. The van der Waals surface area contributed by atoms with Gasteiger partial charge in [-0.05, 0) is 33.6 Å². The Morgan fingerprint density at radius 3 is 2.80 bits per heavy atom. The number of rotatable bonds is 5. The van der Waals surface area contributed by atoms with Crippen LogP contribution in [0.4, 0.5) is 0 Å². The van der Waals surface area contributed by atoms with E-state index in [0.717, 1.165) is 36.9 Å². The first-order valence-corrected chi connectivity index (χ1v) is 8.61. The van der Waals surface area contributed by atoms with Crippen LogP contribution in [-0.4, -0.2) is 43.6 Å². The molecular weight excluding hydrogens is 322 g/mol. The lowest BCUT2D eigenvalue weighted by Gasteiger charge is -2.17. The Morgan fingerprint density at radius 2 is 2.08 bits per heavy atom. The SMILES string of the molecule is Cc1nc2ncnn2c(C)c1CC(=O)O[C@H](C)C(=O)NC1CCCC1. The Balaban J connectivity index is 1.63. The van der Waals surface area contributed by atoms with Crippen molar-refractivity contribution in [3.63, 3.8) is 0 Å². The van der Waals surface area contributed by atoms with E-state index < -0.39 is 12.1 Å². The molecule has 0 aromatic carbocycles. The van der Waals surface area contributed by atoms with Gasteiger partial charge in [0.05, 0.1) is 6.42 Å². The van der Waals surface area contributed by atoms with Crippen LogP contribution in [-0.2, 0) is 20.7 Å². The van der Waals surface area contributed by atoms with Crippen LogP contribution in [0.5, 0.6) is 0 Å². The lowest BCUT2D eigenvalue weighted by Crippen LogP contribution is -2.41. The maximum Gasteiger partial charge on any atom is 0.311 e. The largest absolute Gasteiger partial charge is 0.452 e. The van der Waals surface area contributed by atoms with Crippen molar-refractivity contribution in [2.75, 3.05) is 0 Å². The third-order valence-electron chi connectivity index (χ3n) is 4.69. The first-order valence-electron chi connectivity index (χ1n) is 8.61. The number of esters is 1. The lowest BCUT2D eigenvalue weighted by molar-refractivity contribution is -0.154. The monoisotopic (exact) mass is 345 g/mol. The summed E-state index contributed by atoms with van der Waals surface area (Å²) in [6.07, 6.45) is 4.92. The van der Waals surface area contributed by atoms with Crippen molar-refractivity contribution in [1.29, 1.82) is 0 Å². The minimum Gasteiger partial charge on any atom is -0.452 e. The van der Waals surface area contributed by atoms with Gasteiger partial charge >= 0.3 is 5.97 Å². The van der Waals surface area contributed by atoms with Gasteiger partial charge in [-0.1, -0.05) is 12.8 Å². The molecule has 25 heavy (non-hydrogen) atoms. The van der Waals surface area contributed by atoms with Gasteiger partial charge in [-0.3, -0.25) is 9.59 Å². The zero-order valence-electron chi connectivity index (χ0n) is 14.8.